The van der Waals surface area contributed by atoms with Gasteiger partial charge in [0.05, 0.1) is 0 Å². The van der Waals surface area contributed by atoms with Gasteiger partial charge in [-0.25, -0.2) is 0 Å². The average Bonchev–Trinajstić information content (AvgIpc) is 3.14. The molecule has 27 heavy (non-hydrogen) atoms. The summed E-state index contributed by atoms with van der Waals surface area (Å²) in [6, 6.07) is 17.8. The van der Waals surface area contributed by atoms with Gasteiger partial charge in [-0.05, 0) is 59.6 Å². The van der Waals surface area contributed by atoms with Crippen LogP contribution >= 0.6 is 0 Å². The van der Waals surface area contributed by atoms with Crippen molar-refractivity contribution in [1.82, 2.24) is 4.90 Å². The fourth-order valence-electron chi connectivity index (χ4n) is 3.31. The lowest BCUT2D eigenvalue weighted by Gasteiger charge is -2.14. The van der Waals surface area contributed by atoms with E-state index in [1.165, 1.54) is 5.56 Å². The zero-order valence-corrected chi connectivity index (χ0v) is 15.4. The Morgan fingerprint density at radius 3 is 2.85 bits per heavy atom. The zero-order chi connectivity index (χ0) is 18.6. The Balaban J connectivity index is 1.34. The molecular weight excluding hydrogens is 338 g/mol. The molecule has 138 valence electrons. The molecule has 3 aromatic carbocycles. The molecule has 0 amide bonds. The minimum Gasteiger partial charge on any atom is -0.508 e. The number of hydrogen-bond donors (Lipinski definition) is 1. The lowest BCUT2D eigenvalue weighted by Crippen LogP contribution is -2.21. The molecule has 1 aliphatic heterocycles. The van der Waals surface area contributed by atoms with E-state index in [0.29, 0.717) is 12.5 Å². The lowest BCUT2D eigenvalue weighted by molar-refractivity contribution is 0.174. The number of nitrogens with zero attached hydrogens (tertiary/aromatic N) is 1. The van der Waals surface area contributed by atoms with Gasteiger partial charge < -0.3 is 19.5 Å². The number of aromatic hydroxyl groups is 1. The Hall–Kier alpha value is -2.98. The molecule has 0 fully saturated rings. The van der Waals surface area contributed by atoms with E-state index in [1.54, 1.807) is 12.1 Å². The molecule has 4 heteroatoms. The van der Waals surface area contributed by atoms with Crippen LogP contribution in [0.1, 0.15) is 11.1 Å². The number of benzene rings is 3. The molecule has 3 aromatic rings. The molecule has 1 heterocycles. The average molecular weight is 361 g/mol. The summed E-state index contributed by atoms with van der Waals surface area (Å²) in [5.41, 5.74) is 2.42. The van der Waals surface area contributed by atoms with Crippen LogP contribution in [0.3, 0.4) is 0 Å². The van der Waals surface area contributed by atoms with Crippen molar-refractivity contribution in [3.05, 3.63) is 71.8 Å². The predicted octanol–water partition coefficient (Wildman–Crippen LogP) is 4.46. The summed E-state index contributed by atoms with van der Waals surface area (Å²) in [7, 11) is 2.12. The molecule has 1 N–H and O–H groups in total. The van der Waals surface area contributed by atoms with Gasteiger partial charge in [0.1, 0.15) is 5.75 Å². The van der Waals surface area contributed by atoms with E-state index in [4.69, 9.17) is 9.47 Å². The standard InChI is InChI=1S/C23H23NO3/c1-24(13-11-17-7-10-22-23(14-17)27-16-26-22)12-3-6-18-4-2-5-19-15-20(25)8-9-21(18)19/h2-10,14-15,25H,11-13,16H2,1H3/b6-3+. The van der Waals surface area contributed by atoms with Crippen LogP contribution in [0.4, 0.5) is 0 Å². The highest BCUT2D eigenvalue weighted by molar-refractivity contribution is 5.91. The van der Waals surface area contributed by atoms with Crippen LogP contribution < -0.4 is 9.47 Å². The Kier molecular flexibility index (Phi) is 4.99. The van der Waals surface area contributed by atoms with Crippen LogP contribution in [-0.2, 0) is 6.42 Å². The molecule has 0 aromatic heterocycles. The Labute approximate surface area is 159 Å². The highest BCUT2D eigenvalue weighted by Gasteiger charge is 2.13. The summed E-state index contributed by atoms with van der Waals surface area (Å²) >= 11 is 0. The summed E-state index contributed by atoms with van der Waals surface area (Å²) in [4.78, 5) is 2.29. The third-order valence-electron chi connectivity index (χ3n) is 4.83. The SMILES string of the molecule is CN(C/C=C/c1cccc2cc(O)ccc12)CCc1ccc2c(c1)OCO2. The summed E-state index contributed by atoms with van der Waals surface area (Å²) < 4.78 is 10.8. The van der Waals surface area contributed by atoms with Gasteiger partial charge in [-0.3, -0.25) is 0 Å². The van der Waals surface area contributed by atoms with Crippen molar-refractivity contribution < 1.29 is 14.6 Å². The van der Waals surface area contributed by atoms with Crippen molar-refractivity contribution in [2.45, 2.75) is 6.42 Å². The summed E-state index contributed by atoms with van der Waals surface area (Å²) in [6.45, 7) is 2.16. The van der Waals surface area contributed by atoms with Crippen LogP contribution in [0.15, 0.2) is 60.7 Å². The van der Waals surface area contributed by atoms with Crippen molar-refractivity contribution in [2.75, 3.05) is 26.9 Å². The largest absolute Gasteiger partial charge is 0.508 e. The van der Waals surface area contributed by atoms with Crippen molar-refractivity contribution in [2.24, 2.45) is 0 Å². The smallest absolute Gasteiger partial charge is 0.231 e. The van der Waals surface area contributed by atoms with Gasteiger partial charge in [0.15, 0.2) is 11.5 Å². The fourth-order valence-corrected chi connectivity index (χ4v) is 3.31. The molecule has 4 rings (SSSR count). The van der Waals surface area contributed by atoms with E-state index >= 15 is 0 Å². The van der Waals surface area contributed by atoms with Crippen LogP contribution in [0, 0.1) is 0 Å². The highest BCUT2D eigenvalue weighted by Crippen LogP contribution is 2.32. The number of phenolic OH excluding ortho intramolecular Hbond substituents is 1. The van der Waals surface area contributed by atoms with Crippen molar-refractivity contribution in [1.29, 1.82) is 0 Å². The third kappa shape index (κ3) is 4.07. The Morgan fingerprint density at radius 1 is 1.04 bits per heavy atom. The van der Waals surface area contributed by atoms with E-state index in [0.717, 1.165) is 47.3 Å². The molecule has 0 radical (unpaired) electrons. The van der Waals surface area contributed by atoms with E-state index in [1.807, 2.05) is 24.3 Å². The first kappa shape index (κ1) is 17.4. The topological polar surface area (TPSA) is 41.9 Å². The van der Waals surface area contributed by atoms with Crippen molar-refractivity contribution >= 4 is 16.8 Å². The number of phenols is 1. The van der Waals surface area contributed by atoms with Gasteiger partial charge in [0.2, 0.25) is 6.79 Å². The van der Waals surface area contributed by atoms with E-state index in [9.17, 15) is 5.11 Å². The molecule has 0 saturated carbocycles. The normalized spacial score (nSPS) is 13.1. The molecule has 4 nitrogen and oxygen atoms in total. The molecule has 0 bridgehead atoms. The number of ether oxygens (including phenoxy) is 2. The second-order valence-electron chi connectivity index (χ2n) is 6.85. The van der Waals surface area contributed by atoms with Gasteiger partial charge in [-0.15, -0.1) is 0 Å². The third-order valence-corrected chi connectivity index (χ3v) is 4.83. The quantitative estimate of drug-likeness (QED) is 0.704. The molecular formula is C23H23NO3. The first-order valence-corrected chi connectivity index (χ1v) is 9.14. The minimum absolute atomic E-state index is 0.298. The van der Waals surface area contributed by atoms with E-state index < -0.39 is 0 Å². The fraction of sp³-hybridized carbons (Fsp3) is 0.217. The molecule has 0 spiro atoms. The van der Waals surface area contributed by atoms with Gasteiger partial charge in [-0.2, -0.15) is 0 Å². The number of rotatable bonds is 6. The van der Waals surface area contributed by atoms with E-state index in [2.05, 4.69) is 42.3 Å². The molecule has 0 saturated heterocycles. The summed E-state index contributed by atoms with van der Waals surface area (Å²) in [5.74, 6) is 1.97. The molecule has 1 aliphatic rings. The lowest BCUT2D eigenvalue weighted by atomic mass is 10.0. The van der Waals surface area contributed by atoms with Crippen LogP contribution in [-0.4, -0.2) is 36.9 Å². The van der Waals surface area contributed by atoms with E-state index in [-0.39, 0.29) is 0 Å². The maximum atomic E-state index is 9.64. The Bertz CT molecular complexity index is 981. The highest BCUT2D eigenvalue weighted by atomic mass is 16.7. The molecule has 0 aliphatic carbocycles. The monoisotopic (exact) mass is 361 g/mol. The van der Waals surface area contributed by atoms with Crippen molar-refractivity contribution in [3.8, 4) is 17.2 Å². The number of likely N-dealkylation sites (N-methyl/N-ethyl adjacent to an activating group) is 1. The molecule has 0 unspecified atom stereocenters. The van der Waals surface area contributed by atoms with Gasteiger partial charge >= 0.3 is 0 Å². The van der Waals surface area contributed by atoms with Crippen LogP contribution in [0.2, 0.25) is 0 Å². The maximum absolute atomic E-state index is 9.64. The summed E-state index contributed by atoms with van der Waals surface area (Å²) in [5, 5.41) is 11.8. The number of hydrogen-bond acceptors (Lipinski definition) is 4. The first-order valence-electron chi connectivity index (χ1n) is 9.14. The zero-order valence-electron chi connectivity index (χ0n) is 15.4. The second-order valence-corrected chi connectivity index (χ2v) is 6.85. The van der Waals surface area contributed by atoms with Gasteiger partial charge in [0.25, 0.3) is 0 Å². The summed E-state index contributed by atoms with van der Waals surface area (Å²) in [6.07, 6.45) is 5.30. The number of fused-ring (bicyclic) bond motifs is 2. The van der Waals surface area contributed by atoms with Gasteiger partial charge in [0, 0.05) is 13.1 Å². The first-order chi connectivity index (χ1) is 13.2. The molecule has 0 atom stereocenters. The van der Waals surface area contributed by atoms with Crippen LogP contribution in [0.5, 0.6) is 17.2 Å². The predicted molar refractivity (Wildman–Crippen MR) is 108 cm³/mol. The Morgan fingerprint density at radius 2 is 1.93 bits per heavy atom. The van der Waals surface area contributed by atoms with Crippen LogP contribution in [0.25, 0.3) is 16.8 Å². The van der Waals surface area contributed by atoms with Gasteiger partial charge in [-0.1, -0.05) is 42.5 Å². The minimum atomic E-state index is 0.298. The maximum Gasteiger partial charge on any atom is 0.231 e. The second kappa shape index (κ2) is 7.72. The van der Waals surface area contributed by atoms with Crippen molar-refractivity contribution in [3.63, 3.8) is 0 Å².